The maximum absolute atomic E-state index is 11.8. The summed E-state index contributed by atoms with van der Waals surface area (Å²) >= 11 is 0. The van der Waals surface area contributed by atoms with Gasteiger partial charge < -0.3 is 5.32 Å². The van der Waals surface area contributed by atoms with Gasteiger partial charge in [-0.05, 0) is 50.6 Å². The molecule has 2 N–H and O–H groups in total. The van der Waals surface area contributed by atoms with E-state index in [9.17, 15) is 8.42 Å². The van der Waals surface area contributed by atoms with Gasteiger partial charge in [0.05, 0.1) is 5.75 Å². The lowest BCUT2D eigenvalue weighted by molar-refractivity contribution is 0.449. The van der Waals surface area contributed by atoms with Crippen molar-refractivity contribution in [3.8, 4) is 0 Å². The second kappa shape index (κ2) is 7.46. The minimum Gasteiger partial charge on any atom is -0.317 e. The lowest BCUT2D eigenvalue weighted by atomic mass is 10.0. The van der Waals surface area contributed by atoms with Crippen LogP contribution in [0.3, 0.4) is 0 Å². The molecule has 0 aromatic rings. The smallest absolute Gasteiger partial charge is 0.211 e. The van der Waals surface area contributed by atoms with Gasteiger partial charge in [-0.25, -0.2) is 13.1 Å². The van der Waals surface area contributed by atoms with Crippen molar-refractivity contribution in [2.45, 2.75) is 52.4 Å². The van der Waals surface area contributed by atoms with Crippen LogP contribution in [0.25, 0.3) is 0 Å². The van der Waals surface area contributed by atoms with E-state index in [2.05, 4.69) is 23.9 Å². The lowest BCUT2D eigenvalue weighted by Gasteiger charge is -2.15. The summed E-state index contributed by atoms with van der Waals surface area (Å²) in [6, 6.07) is 0. The van der Waals surface area contributed by atoms with Crippen LogP contribution >= 0.6 is 0 Å². The van der Waals surface area contributed by atoms with Gasteiger partial charge in [0.15, 0.2) is 0 Å². The van der Waals surface area contributed by atoms with Gasteiger partial charge in [0.2, 0.25) is 10.0 Å². The topological polar surface area (TPSA) is 58.2 Å². The van der Waals surface area contributed by atoms with Crippen LogP contribution in [0.5, 0.6) is 0 Å². The van der Waals surface area contributed by atoms with Crippen molar-refractivity contribution in [3.05, 3.63) is 0 Å². The van der Waals surface area contributed by atoms with Crippen LogP contribution in [0.1, 0.15) is 52.4 Å². The van der Waals surface area contributed by atoms with Crippen LogP contribution in [-0.4, -0.2) is 33.8 Å². The molecule has 0 bridgehead atoms. The third kappa shape index (κ3) is 6.16. The first-order valence-electron chi connectivity index (χ1n) is 7.22. The molecule has 0 unspecified atom stereocenters. The van der Waals surface area contributed by atoms with Crippen LogP contribution in [0.4, 0.5) is 0 Å². The molecule has 1 saturated carbocycles. The zero-order valence-electron chi connectivity index (χ0n) is 11.8. The lowest BCUT2D eigenvalue weighted by Crippen LogP contribution is -2.32. The highest BCUT2D eigenvalue weighted by Gasteiger charge is 2.41. The number of nitrogens with one attached hydrogen (secondary N) is 2. The van der Waals surface area contributed by atoms with Gasteiger partial charge in [-0.15, -0.1) is 0 Å². The largest absolute Gasteiger partial charge is 0.317 e. The van der Waals surface area contributed by atoms with Crippen molar-refractivity contribution in [1.82, 2.24) is 10.0 Å². The molecule has 0 aliphatic heterocycles. The summed E-state index contributed by atoms with van der Waals surface area (Å²) in [6.07, 6.45) is 6.33. The summed E-state index contributed by atoms with van der Waals surface area (Å²) in [6.45, 7) is 6.73. The van der Waals surface area contributed by atoms with Crippen molar-refractivity contribution in [2.24, 2.45) is 5.41 Å². The average molecular weight is 276 g/mol. The van der Waals surface area contributed by atoms with Crippen LogP contribution in [0.2, 0.25) is 0 Å². The average Bonchev–Trinajstić information content (AvgIpc) is 3.08. The summed E-state index contributed by atoms with van der Waals surface area (Å²) in [5, 5.41) is 3.20. The maximum atomic E-state index is 11.8. The van der Waals surface area contributed by atoms with Crippen molar-refractivity contribution >= 4 is 10.0 Å². The SMILES string of the molecule is CCCC1(CNS(=O)(=O)CCCCNCC)CC1. The van der Waals surface area contributed by atoms with E-state index in [-0.39, 0.29) is 5.75 Å². The number of rotatable bonds is 11. The van der Waals surface area contributed by atoms with Crippen LogP contribution in [0.15, 0.2) is 0 Å². The predicted octanol–water partition coefficient (Wildman–Crippen LogP) is 1.88. The number of hydrogen-bond acceptors (Lipinski definition) is 3. The Kier molecular flexibility index (Phi) is 6.60. The molecule has 1 fully saturated rings. The summed E-state index contributed by atoms with van der Waals surface area (Å²) in [5.74, 6) is 0.264. The summed E-state index contributed by atoms with van der Waals surface area (Å²) in [4.78, 5) is 0. The van der Waals surface area contributed by atoms with E-state index in [0.29, 0.717) is 12.0 Å². The highest BCUT2D eigenvalue weighted by Crippen LogP contribution is 2.49. The van der Waals surface area contributed by atoms with E-state index < -0.39 is 10.0 Å². The summed E-state index contributed by atoms with van der Waals surface area (Å²) in [7, 11) is -3.06. The molecule has 1 rings (SSSR count). The van der Waals surface area contributed by atoms with E-state index in [0.717, 1.165) is 38.8 Å². The first-order valence-corrected chi connectivity index (χ1v) is 8.87. The molecule has 0 spiro atoms. The second-order valence-electron chi connectivity index (χ2n) is 5.45. The van der Waals surface area contributed by atoms with Gasteiger partial charge in [0.25, 0.3) is 0 Å². The molecule has 0 atom stereocenters. The van der Waals surface area contributed by atoms with E-state index >= 15 is 0 Å². The van der Waals surface area contributed by atoms with Gasteiger partial charge in [0, 0.05) is 6.54 Å². The van der Waals surface area contributed by atoms with Crippen LogP contribution in [-0.2, 0) is 10.0 Å². The van der Waals surface area contributed by atoms with Gasteiger partial charge in [-0.3, -0.25) is 0 Å². The molecule has 5 heteroatoms. The summed E-state index contributed by atoms with van der Waals surface area (Å²) in [5.41, 5.74) is 0.297. The highest BCUT2D eigenvalue weighted by atomic mass is 32.2. The number of sulfonamides is 1. The first kappa shape index (κ1) is 15.9. The molecule has 0 heterocycles. The Morgan fingerprint density at radius 1 is 1.17 bits per heavy atom. The Morgan fingerprint density at radius 2 is 1.89 bits per heavy atom. The zero-order valence-corrected chi connectivity index (χ0v) is 12.6. The van der Waals surface area contributed by atoms with Gasteiger partial charge in [-0.2, -0.15) is 0 Å². The minimum absolute atomic E-state index is 0.264. The Labute approximate surface area is 112 Å². The molecular formula is C13H28N2O2S. The number of unbranched alkanes of at least 4 members (excludes halogenated alkanes) is 1. The normalized spacial score (nSPS) is 17.9. The second-order valence-corrected chi connectivity index (χ2v) is 7.38. The summed E-state index contributed by atoms with van der Waals surface area (Å²) < 4.78 is 26.4. The Hall–Kier alpha value is -0.130. The fraction of sp³-hybridized carbons (Fsp3) is 1.00. The molecule has 4 nitrogen and oxygen atoms in total. The third-order valence-electron chi connectivity index (χ3n) is 3.67. The Balaban J connectivity index is 2.15. The Bertz CT molecular complexity index is 324. The fourth-order valence-corrected chi connectivity index (χ4v) is 3.53. The third-order valence-corrected chi connectivity index (χ3v) is 5.08. The van der Waals surface area contributed by atoms with Crippen molar-refractivity contribution < 1.29 is 8.42 Å². The monoisotopic (exact) mass is 276 g/mol. The fourth-order valence-electron chi connectivity index (χ4n) is 2.28. The molecule has 1 aliphatic carbocycles. The molecule has 0 saturated heterocycles. The van der Waals surface area contributed by atoms with Crippen molar-refractivity contribution in [3.63, 3.8) is 0 Å². The maximum Gasteiger partial charge on any atom is 0.211 e. The highest BCUT2D eigenvalue weighted by molar-refractivity contribution is 7.89. The first-order chi connectivity index (χ1) is 8.54. The molecular weight excluding hydrogens is 248 g/mol. The standard InChI is InChI=1S/C13H28N2O2S/c1-3-7-13(8-9-13)12-15-18(16,17)11-6-5-10-14-4-2/h14-15H,3-12H2,1-2H3. The van der Waals surface area contributed by atoms with Crippen molar-refractivity contribution in [1.29, 1.82) is 0 Å². The molecule has 1 aliphatic rings. The molecule has 0 aromatic heterocycles. The Morgan fingerprint density at radius 3 is 2.44 bits per heavy atom. The van der Waals surface area contributed by atoms with E-state index in [1.807, 2.05) is 0 Å². The van der Waals surface area contributed by atoms with Gasteiger partial charge in [-0.1, -0.05) is 20.3 Å². The van der Waals surface area contributed by atoms with Crippen LogP contribution < -0.4 is 10.0 Å². The zero-order chi connectivity index (χ0) is 13.5. The molecule has 108 valence electrons. The van der Waals surface area contributed by atoms with Gasteiger partial charge >= 0.3 is 0 Å². The molecule has 0 aromatic carbocycles. The van der Waals surface area contributed by atoms with E-state index in [1.165, 1.54) is 12.8 Å². The van der Waals surface area contributed by atoms with Crippen LogP contribution in [0, 0.1) is 5.41 Å². The van der Waals surface area contributed by atoms with Crippen molar-refractivity contribution in [2.75, 3.05) is 25.4 Å². The minimum atomic E-state index is -3.06. The van der Waals surface area contributed by atoms with E-state index in [1.54, 1.807) is 0 Å². The quantitative estimate of drug-likeness (QED) is 0.566. The van der Waals surface area contributed by atoms with Gasteiger partial charge in [0.1, 0.15) is 0 Å². The van der Waals surface area contributed by atoms with E-state index in [4.69, 9.17) is 0 Å². The number of hydrogen-bond donors (Lipinski definition) is 2. The molecule has 0 amide bonds. The predicted molar refractivity (Wildman–Crippen MR) is 76.1 cm³/mol. The molecule has 18 heavy (non-hydrogen) atoms. The molecule has 0 radical (unpaired) electrons.